The predicted molar refractivity (Wildman–Crippen MR) is 69.7 cm³/mol. The summed E-state index contributed by atoms with van der Waals surface area (Å²) in [7, 11) is 0. The maximum atomic E-state index is 11.9. The normalized spacial score (nSPS) is 15.8. The van der Waals surface area contributed by atoms with E-state index in [2.05, 4.69) is 4.74 Å². The molecule has 1 rings (SSSR count). The Balaban J connectivity index is 2.54. The van der Waals surface area contributed by atoms with E-state index in [1.54, 1.807) is 6.92 Å². The molecule has 0 spiro atoms. The lowest BCUT2D eigenvalue weighted by molar-refractivity contribution is -0.158. The third kappa shape index (κ3) is 4.04. The Hall–Kier alpha value is -1.92. The molecule has 112 valence electrons. The minimum Gasteiger partial charge on any atom is -0.466 e. The van der Waals surface area contributed by atoms with Crippen LogP contribution in [0, 0.1) is 0 Å². The highest BCUT2D eigenvalue weighted by Crippen LogP contribution is 2.09. The summed E-state index contributed by atoms with van der Waals surface area (Å²) in [5.74, 6) is -2.34. The minimum atomic E-state index is -0.692. The fraction of sp³-hybridized carbons (Fsp3) is 0.692. The van der Waals surface area contributed by atoms with Crippen LogP contribution in [-0.2, 0) is 23.9 Å². The van der Waals surface area contributed by atoms with E-state index in [-0.39, 0.29) is 25.6 Å². The second-order valence-electron chi connectivity index (χ2n) is 4.84. The Morgan fingerprint density at radius 1 is 1.20 bits per heavy atom. The van der Waals surface area contributed by atoms with Gasteiger partial charge in [-0.2, -0.15) is 0 Å². The fourth-order valence-electron chi connectivity index (χ4n) is 1.97. The van der Waals surface area contributed by atoms with E-state index in [9.17, 15) is 19.2 Å². The highest BCUT2D eigenvalue weighted by Gasteiger charge is 2.34. The summed E-state index contributed by atoms with van der Waals surface area (Å²) in [5, 5.41) is 0. The van der Waals surface area contributed by atoms with Gasteiger partial charge in [0.2, 0.25) is 0 Å². The highest BCUT2D eigenvalue weighted by molar-refractivity contribution is 6.35. The molecule has 20 heavy (non-hydrogen) atoms. The minimum absolute atomic E-state index is 0.0520. The van der Waals surface area contributed by atoms with Crippen LogP contribution >= 0.6 is 0 Å². The number of rotatable bonds is 6. The van der Waals surface area contributed by atoms with E-state index in [1.807, 2.05) is 13.8 Å². The molecule has 0 atom stereocenters. The fourth-order valence-corrected chi connectivity index (χ4v) is 1.97. The molecule has 1 fully saturated rings. The zero-order valence-electron chi connectivity index (χ0n) is 12.0. The van der Waals surface area contributed by atoms with Gasteiger partial charge in [0.1, 0.15) is 6.42 Å². The average Bonchev–Trinajstić information content (AvgIpc) is 2.34. The van der Waals surface area contributed by atoms with Crippen LogP contribution < -0.4 is 0 Å². The van der Waals surface area contributed by atoms with Crippen molar-refractivity contribution in [2.75, 3.05) is 26.2 Å². The smallest absolute Gasteiger partial charge is 0.313 e. The lowest BCUT2D eigenvalue weighted by Gasteiger charge is -2.35. The van der Waals surface area contributed by atoms with Gasteiger partial charge in [0.15, 0.2) is 5.78 Å². The summed E-state index contributed by atoms with van der Waals surface area (Å²) in [4.78, 5) is 49.1. The Bertz CT molecular complexity index is 419. The number of ether oxygens (including phenoxy) is 1. The maximum absolute atomic E-state index is 11.9. The van der Waals surface area contributed by atoms with Crippen LogP contribution in [0.15, 0.2) is 0 Å². The molecule has 7 nitrogen and oxygen atoms in total. The van der Waals surface area contributed by atoms with Gasteiger partial charge < -0.3 is 14.5 Å². The number of carbonyl (C=O) groups is 4. The Morgan fingerprint density at radius 3 is 2.40 bits per heavy atom. The lowest BCUT2D eigenvalue weighted by Crippen LogP contribution is -2.57. The van der Waals surface area contributed by atoms with Gasteiger partial charge in [-0.05, 0) is 20.8 Å². The number of carbonyl (C=O) groups excluding carboxylic acids is 4. The molecule has 0 aromatic rings. The number of hydrogen-bond acceptors (Lipinski definition) is 5. The monoisotopic (exact) mass is 284 g/mol. The molecular formula is C13H20N2O5. The van der Waals surface area contributed by atoms with E-state index in [0.29, 0.717) is 13.1 Å². The van der Waals surface area contributed by atoms with Crippen molar-refractivity contribution in [2.45, 2.75) is 33.2 Å². The number of Topliss-reactive ketones (excluding diaryl/α,β-unsaturated/α-hetero) is 1. The molecule has 0 bridgehead atoms. The van der Waals surface area contributed by atoms with Gasteiger partial charge in [0, 0.05) is 19.1 Å². The van der Waals surface area contributed by atoms with Gasteiger partial charge >= 0.3 is 17.8 Å². The first-order valence-corrected chi connectivity index (χ1v) is 6.64. The quantitative estimate of drug-likeness (QED) is 0.376. The van der Waals surface area contributed by atoms with Crippen LogP contribution in [0.4, 0.5) is 0 Å². The molecule has 1 heterocycles. The molecule has 2 amide bonds. The van der Waals surface area contributed by atoms with Crippen LogP contribution in [0.3, 0.4) is 0 Å². The third-order valence-corrected chi connectivity index (χ3v) is 2.98. The summed E-state index contributed by atoms with van der Waals surface area (Å²) < 4.78 is 4.66. The van der Waals surface area contributed by atoms with Crippen molar-refractivity contribution < 1.29 is 23.9 Å². The van der Waals surface area contributed by atoms with E-state index in [0.717, 1.165) is 0 Å². The summed E-state index contributed by atoms with van der Waals surface area (Å²) in [6.45, 7) is 5.98. The Morgan fingerprint density at radius 2 is 1.85 bits per heavy atom. The highest BCUT2D eigenvalue weighted by atomic mass is 16.5. The third-order valence-electron chi connectivity index (χ3n) is 2.98. The molecule has 0 radical (unpaired) electrons. The molecule has 0 aliphatic carbocycles. The van der Waals surface area contributed by atoms with Crippen molar-refractivity contribution in [2.24, 2.45) is 0 Å². The van der Waals surface area contributed by atoms with Crippen LogP contribution in [0.2, 0.25) is 0 Å². The molecule has 1 aliphatic rings. The second kappa shape index (κ2) is 7.02. The number of piperazine rings is 1. The number of esters is 1. The van der Waals surface area contributed by atoms with E-state index < -0.39 is 23.6 Å². The molecule has 1 aliphatic heterocycles. The zero-order chi connectivity index (χ0) is 15.3. The maximum Gasteiger partial charge on any atom is 0.313 e. The molecule has 1 saturated heterocycles. The van der Waals surface area contributed by atoms with Crippen molar-refractivity contribution in [3.05, 3.63) is 0 Å². The van der Waals surface area contributed by atoms with Gasteiger partial charge in [0.25, 0.3) is 0 Å². The van der Waals surface area contributed by atoms with Crippen LogP contribution in [0.1, 0.15) is 27.2 Å². The summed E-state index contributed by atoms with van der Waals surface area (Å²) in [6.07, 6.45) is -0.375. The first-order chi connectivity index (χ1) is 9.36. The second-order valence-corrected chi connectivity index (χ2v) is 4.84. The van der Waals surface area contributed by atoms with Gasteiger partial charge in [-0.3, -0.25) is 19.2 Å². The molecule has 0 N–H and O–H groups in total. The van der Waals surface area contributed by atoms with Crippen molar-refractivity contribution in [1.29, 1.82) is 0 Å². The molecular weight excluding hydrogens is 264 g/mol. The SMILES string of the molecule is CCOC(=O)CC(=O)CN1CCN(C(C)C)C(=O)C1=O. The van der Waals surface area contributed by atoms with E-state index >= 15 is 0 Å². The van der Waals surface area contributed by atoms with Crippen LogP contribution in [0.25, 0.3) is 0 Å². The largest absolute Gasteiger partial charge is 0.466 e. The summed E-state index contributed by atoms with van der Waals surface area (Å²) in [6, 6.07) is -0.0520. The van der Waals surface area contributed by atoms with Crippen molar-refractivity contribution in [3.8, 4) is 0 Å². The van der Waals surface area contributed by atoms with Crippen molar-refractivity contribution in [3.63, 3.8) is 0 Å². The van der Waals surface area contributed by atoms with Crippen molar-refractivity contribution >= 4 is 23.6 Å². The van der Waals surface area contributed by atoms with E-state index in [1.165, 1.54) is 9.80 Å². The topological polar surface area (TPSA) is 84.0 Å². The lowest BCUT2D eigenvalue weighted by atomic mass is 10.2. The first-order valence-electron chi connectivity index (χ1n) is 6.64. The molecule has 0 aromatic carbocycles. The van der Waals surface area contributed by atoms with Gasteiger partial charge in [-0.15, -0.1) is 0 Å². The van der Waals surface area contributed by atoms with Gasteiger partial charge in [0.05, 0.1) is 13.2 Å². The number of hydrogen-bond donors (Lipinski definition) is 0. The number of amides is 2. The van der Waals surface area contributed by atoms with Gasteiger partial charge in [-0.25, -0.2) is 0 Å². The van der Waals surface area contributed by atoms with Crippen LogP contribution in [-0.4, -0.2) is 65.6 Å². The van der Waals surface area contributed by atoms with Crippen LogP contribution in [0.5, 0.6) is 0 Å². The predicted octanol–water partition coefficient (Wildman–Crippen LogP) is -0.412. The van der Waals surface area contributed by atoms with E-state index in [4.69, 9.17) is 0 Å². The summed E-state index contributed by atoms with van der Waals surface area (Å²) >= 11 is 0. The molecule has 7 heteroatoms. The van der Waals surface area contributed by atoms with Crippen molar-refractivity contribution in [1.82, 2.24) is 9.80 Å². The Labute approximate surface area is 117 Å². The standard InChI is InChI=1S/C13H20N2O5/c1-4-20-11(17)7-10(16)8-14-5-6-15(9(2)3)13(19)12(14)18/h9H,4-8H2,1-3H3. The average molecular weight is 284 g/mol. The Kier molecular flexibility index (Phi) is 5.66. The molecule has 0 unspecified atom stereocenters. The number of nitrogens with zero attached hydrogens (tertiary/aromatic N) is 2. The number of ketones is 1. The summed E-state index contributed by atoms with van der Waals surface area (Å²) in [5.41, 5.74) is 0. The molecule has 0 aromatic heterocycles. The first kappa shape index (κ1) is 16.1. The zero-order valence-corrected chi connectivity index (χ0v) is 12.0. The molecule has 0 saturated carbocycles. The van der Waals surface area contributed by atoms with Gasteiger partial charge in [-0.1, -0.05) is 0 Å².